The zero-order chi connectivity index (χ0) is 10.1. The number of furan rings is 1. The molecule has 0 saturated carbocycles. The molecule has 0 aliphatic heterocycles. The highest BCUT2D eigenvalue weighted by molar-refractivity contribution is 9.10. The van der Waals surface area contributed by atoms with E-state index in [1.54, 1.807) is 12.1 Å². The van der Waals surface area contributed by atoms with Crippen LogP contribution in [0.5, 0.6) is 0 Å². The lowest BCUT2D eigenvalue weighted by molar-refractivity contribution is 0.0692. The smallest absolute Gasteiger partial charge is 0.356 e. The number of hydrogen-bond donors (Lipinski definition) is 1. The molecule has 2 aromatic rings. The maximum atomic E-state index is 10.8. The maximum absolute atomic E-state index is 10.8. The summed E-state index contributed by atoms with van der Waals surface area (Å²) in [5.74, 6) is -0.537. The van der Waals surface area contributed by atoms with Gasteiger partial charge in [-0.25, -0.2) is 9.78 Å². The van der Waals surface area contributed by atoms with E-state index in [1.165, 1.54) is 16.8 Å². The minimum Gasteiger partial charge on any atom is -0.476 e. The van der Waals surface area contributed by atoms with Crippen molar-refractivity contribution in [2.75, 3.05) is 0 Å². The van der Waals surface area contributed by atoms with Crippen LogP contribution in [0.1, 0.15) is 10.5 Å². The summed E-state index contributed by atoms with van der Waals surface area (Å²) < 4.78 is 5.81. The maximum Gasteiger partial charge on any atom is 0.356 e. The molecule has 0 spiro atoms. The Morgan fingerprint density at radius 3 is 2.93 bits per heavy atom. The van der Waals surface area contributed by atoms with E-state index < -0.39 is 5.97 Å². The van der Waals surface area contributed by atoms with Crippen molar-refractivity contribution in [1.82, 2.24) is 4.98 Å². The van der Waals surface area contributed by atoms with Gasteiger partial charge in [-0.15, -0.1) is 11.3 Å². The van der Waals surface area contributed by atoms with Gasteiger partial charge in [-0.2, -0.15) is 0 Å². The van der Waals surface area contributed by atoms with Crippen molar-refractivity contribution in [3.05, 3.63) is 28.0 Å². The molecule has 2 aromatic heterocycles. The van der Waals surface area contributed by atoms with Crippen LogP contribution in [0.4, 0.5) is 0 Å². The average Bonchev–Trinajstić information content (AvgIpc) is 2.70. The highest BCUT2D eigenvalue weighted by Crippen LogP contribution is 2.30. The van der Waals surface area contributed by atoms with Crippen LogP contribution in [0.15, 0.2) is 26.7 Å². The van der Waals surface area contributed by atoms with Gasteiger partial charge >= 0.3 is 5.97 Å². The molecule has 2 rings (SSSR count). The van der Waals surface area contributed by atoms with Crippen LogP contribution in [0.2, 0.25) is 0 Å². The third-order valence-corrected chi connectivity index (χ3v) is 2.83. The van der Waals surface area contributed by atoms with Crippen LogP contribution in [0.3, 0.4) is 0 Å². The van der Waals surface area contributed by atoms with E-state index in [0.29, 0.717) is 15.3 Å². The summed E-state index contributed by atoms with van der Waals surface area (Å²) in [6.45, 7) is 0. The molecule has 0 saturated heterocycles. The molecule has 0 amide bonds. The fraction of sp³-hybridized carbons (Fsp3) is 0. The number of halogens is 1. The van der Waals surface area contributed by atoms with Gasteiger partial charge in [-0.3, -0.25) is 0 Å². The number of nitrogens with zero attached hydrogens (tertiary/aromatic N) is 1. The molecule has 1 N–H and O–H groups in total. The molecule has 0 aromatic carbocycles. The SMILES string of the molecule is O=C(O)c1ncsc1-c1ccc(Br)o1. The lowest BCUT2D eigenvalue weighted by Gasteiger charge is -1.92. The molecule has 14 heavy (non-hydrogen) atoms. The summed E-state index contributed by atoms with van der Waals surface area (Å²) in [6.07, 6.45) is 0. The van der Waals surface area contributed by atoms with Gasteiger partial charge < -0.3 is 9.52 Å². The number of carbonyl (C=O) groups is 1. The number of hydrogen-bond acceptors (Lipinski definition) is 4. The van der Waals surface area contributed by atoms with Gasteiger partial charge in [0, 0.05) is 0 Å². The van der Waals surface area contributed by atoms with Crippen molar-refractivity contribution in [3.8, 4) is 10.6 Å². The Hall–Kier alpha value is -1.14. The van der Waals surface area contributed by atoms with Crippen molar-refractivity contribution < 1.29 is 14.3 Å². The third-order valence-electron chi connectivity index (χ3n) is 1.57. The fourth-order valence-electron chi connectivity index (χ4n) is 1.01. The van der Waals surface area contributed by atoms with Gasteiger partial charge in [0.05, 0.1) is 5.51 Å². The Morgan fingerprint density at radius 1 is 1.57 bits per heavy atom. The zero-order valence-corrected chi connectivity index (χ0v) is 9.13. The van der Waals surface area contributed by atoms with Crippen molar-refractivity contribution in [1.29, 1.82) is 0 Å². The first kappa shape index (κ1) is 9.42. The monoisotopic (exact) mass is 273 g/mol. The molecular weight excluding hydrogens is 270 g/mol. The Balaban J connectivity index is 2.51. The van der Waals surface area contributed by atoms with Crippen LogP contribution in [0.25, 0.3) is 10.6 Å². The Morgan fingerprint density at radius 2 is 2.36 bits per heavy atom. The van der Waals surface area contributed by atoms with E-state index in [4.69, 9.17) is 9.52 Å². The first-order chi connectivity index (χ1) is 6.68. The van der Waals surface area contributed by atoms with Crippen LogP contribution >= 0.6 is 27.3 Å². The van der Waals surface area contributed by atoms with Gasteiger partial charge in [-0.1, -0.05) is 0 Å². The Bertz CT molecular complexity index is 476. The van der Waals surface area contributed by atoms with Crippen LogP contribution < -0.4 is 0 Å². The highest BCUT2D eigenvalue weighted by Gasteiger charge is 2.17. The van der Waals surface area contributed by atoms with Crippen molar-refractivity contribution in [2.45, 2.75) is 0 Å². The largest absolute Gasteiger partial charge is 0.476 e. The summed E-state index contributed by atoms with van der Waals surface area (Å²) in [6, 6.07) is 3.41. The predicted molar refractivity (Wildman–Crippen MR) is 54.5 cm³/mol. The third kappa shape index (κ3) is 1.58. The standard InChI is InChI=1S/C8H4BrNO3S/c9-5-2-1-4(13-5)7-6(8(11)12)10-3-14-7/h1-3H,(H,11,12). The highest BCUT2D eigenvalue weighted by atomic mass is 79.9. The molecule has 0 fully saturated rings. The number of carboxylic acid groups (broad SMARTS) is 1. The average molecular weight is 274 g/mol. The van der Waals surface area contributed by atoms with Gasteiger partial charge in [-0.05, 0) is 28.1 Å². The normalized spacial score (nSPS) is 10.4. The van der Waals surface area contributed by atoms with Gasteiger partial charge in [0.15, 0.2) is 10.4 Å². The summed E-state index contributed by atoms with van der Waals surface area (Å²) in [7, 11) is 0. The summed E-state index contributed by atoms with van der Waals surface area (Å²) in [5.41, 5.74) is 1.51. The molecule has 0 unspecified atom stereocenters. The van der Waals surface area contributed by atoms with Crippen LogP contribution in [-0.4, -0.2) is 16.1 Å². The lowest BCUT2D eigenvalue weighted by atomic mass is 10.3. The predicted octanol–water partition coefficient (Wildman–Crippen LogP) is 2.86. The van der Waals surface area contributed by atoms with E-state index in [1.807, 2.05) is 0 Å². The van der Waals surface area contributed by atoms with E-state index in [2.05, 4.69) is 20.9 Å². The number of aromatic carboxylic acids is 1. The molecule has 0 bridgehead atoms. The summed E-state index contributed by atoms with van der Waals surface area (Å²) in [5, 5.41) is 8.81. The van der Waals surface area contributed by atoms with Crippen LogP contribution in [0, 0.1) is 0 Å². The molecule has 0 aliphatic carbocycles. The number of rotatable bonds is 2. The van der Waals surface area contributed by atoms with Gasteiger partial charge in [0.25, 0.3) is 0 Å². The zero-order valence-electron chi connectivity index (χ0n) is 6.73. The first-order valence-corrected chi connectivity index (χ1v) is 5.28. The molecule has 2 heterocycles. The second-order valence-electron chi connectivity index (χ2n) is 2.44. The first-order valence-electron chi connectivity index (χ1n) is 3.61. The molecule has 0 atom stereocenters. The van der Waals surface area contributed by atoms with Crippen LogP contribution in [-0.2, 0) is 0 Å². The minimum atomic E-state index is -1.05. The van der Waals surface area contributed by atoms with E-state index >= 15 is 0 Å². The molecule has 72 valence electrons. The second kappa shape index (κ2) is 3.55. The Labute approximate surface area is 91.3 Å². The molecule has 0 radical (unpaired) electrons. The summed E-state index contributed by atoms with van der Waals surface area (Å²) >= 11 is 4.39. The van der Waals surface area contributed by atoms with Crippen molar-refractivity contribution in [3.63, 3.8) is 0 Å². The molecule has 0 aliphatic rings. The topological polar surface area (TPSA) is 63.3 Å². The second-order valence-corrected chi connectivity index (χ2v) is 4.08. The van der Waals surface area contributed by atoms with E-state index in [0.717, 1.165) is 0 Å². The minimum absolute atomic E-state index is 0.0249. The quantitative estimate of drug-likeness (QED) is 0.914. The van der Waals surface area contributed by atoms with Gasteiger partial charge in [0.2, 0.25) is 0 Å². The number of thiazole rings is 1. The van der Waals surface area contributed by atoms with E-state index in [9.17, 15) is 4.79 Å². The molecule has 4 nitrogen and oxygen atoms in total. The fourth-order valence-corrected chi connectivity index (χ4v) is 2.06. The van der Waals surface area contributed by atoms with Gasteiger partial charge in [0.1, 0.15) is 10.6 Å². The van der Waals surface area contributed by atoms with Crippen molar-refractivity contribution in [2.24, 2.45) is 0 Å². The van der Waals surface area contributed by atoms with E-state index in [-0.39, 0.29) is 5.69 Å². The number of carboxylic acids is 1. The Kier molecular flexibility index (Phi) is 2.39. The number of aromatic nitrogens is 1. The lowest BCUT2D eigenvalue weighted by Crippen LogP contribution is -1.97. The molecular formula is C8H4BrNO3S. The molecule has 6 heteroatoms. The van der Waals surface area contributed by atoms with Crippen molar-refractivity contribution >= 4 is 33.2 Å². The summed E-state index contributed by atoms with van der Waals surface area (Å²) in [4.78, 5) is 15.0.